The molecule has 0 aliphatic heterocycles. The van der Waals surface area contributed by atoms with E-state index in [2.05, 4.69) is 16.9 Å². The molecule has 0 radical (unpaired) electrons. The van der Waals surface area contributed by atoms with Gasteiger partial charge in [-0.3, -0.25) is 0 Å². The summed E-state index contributed by atoms with van der Waals surface area (Å²) in [5.41, 5.74) is 0.923. The zero-order chi connectivity index (χ0) is 10.8. The van der Waals surface area contributed by atoms with Crippen molar-refractivity contribution < 1.29 is 5.11 Å². The summed E-state index contributed by atoms with van der Waals surface area (Å²) in [6.07, 6.45) is 5.14. The summed E-state index contributed by atoms with van der Waals surface area (Å²) < 4.78 is 0. The van der Waals surface area contributed by atoms with Crippen LogP contribution in [-0.4, -0.2) is 23.2 Å². The Hall–Kier alpha value is -1.09. The molecule has 3 heteroatoms. The monoisotopic (exact) mass is 206 g/mol. The number of nitrogens with zero attached hydrogens (tertiary/aromatic N) is 2. The molecule has 15 heavy (non-hydrogen) atoms. The molecule has 1 aromatic heterocycles. The Kier molecular flexibility index (Phi) is 2.91. The minimum Gasteiger partial charge on any atom is -0.389 e. The van der Waals surface area contributed by atoms with Gasteiger partial charge in [0.15, 0.2) is 0 Å². The molecule has 1 atom stereocenters. The standard InChI is InChI=1S/C12H18N2O/c1-9(15)11-7-4-8-13-12(11)14(2)10-5-3-6-10/h4,7-10,15H,3,5-6H2,1-2H3/t9-/m0/s1. The molecule has 0 bridgehead atoms. The molecule has 0 unspecified atom stereocenters. The Morgan fingerprint density at radius 1 is 1.53 bits per heavy atom. The van der Waals surface area contributed by atoms with Crippen LogP contribution in [0.1, 0.15) is 37.9 Å². The van der Waals surface area contributed by atoms with Crippen molar-refractivity contribution in [1.82, 2.24) is 4.98 Å². The number of aromatic nitrogens is 1. The molecule has 0 amide bonds. The molecular weight excluding hydrogens is 188 g/mol. The maximum absolute atomic E-state index is 9.66. The highest BCUT2D eigenvalue weighted by molar-refractivity contribution is 5.48. The molecule has 1 aliphatic rings. The van der Waals surface area contributed by atoms with Crippen LogP contribution in [0.25, 0.3) is 0 Å². The number of rotatable bonds is 3. The van der Waals surface area contributed by atoms with Gasteiger partial charge in [0, 0.05) is 24.8 Å². The van der Waals surface area contributed by atoms with Gasteiger partial charge in [-0.2, -0.15) is 0 Å². The number of anilines is 1. The van der Waals surface area contributed by atoms with E-state index in [0.717, 1.165) is 11.4 Å². The van der Waals surface area contributed by atoms with Crippen molar-refractivity contribution in [2.45, 2.75) is 38.3 Å². The summed E-state index contributed by atoms with van der Waals surface area (Å²) in [7, 11) is 2.07. The molecule has 3 nitrogen and oxygen atoms in total. The van der Waals surface area contributed by atoms with Gasteiger partial charge in [-0.05, 0) is 32.3 Å². The van der Waals surface area contributed by atoms with Gasteiger partial charge in [0.25, 0.3) is 0 Å². The third-order valence-corrected chi connectivity index (χ3v) is 3.22. The Morgan fingerprint density at radius 3 is 2.80 bits per heavy atom. The molecule has 1 aromatic rings. The van der Waals surface area contributed by atoms with E-state index in [1.54, 1.807) is 13.1 Å². The molecule has 82 valence electrons. The second kappa shape index (κ2) is 4.19. The summed E-state index contributed by atoms with van der Waals surface area (Å²) >= 11 is 0. The fourth-order valence-corrected chi connectivity index (χ4v) is 1.98. The number of aliphatic hydroxyl groups is 1. The smallest absolute Gasteiger partial charge is 0.134 e. The van der Waals surface area contributed by atoms with Gasteiger partial charge >= 0.3 is 0 Å². The van der Waals surface area contributed by atoms with Crippen LogP contribution in [0, 0.1) is 0 Å². The Bertz CT molecular complexity index is 334. The zero-order valence-electron chi connectivity index (χ0n) is 9.35. The van der Waals surface area contributed by atoms with E-state index >= 15 is 0 Å². The molecule has 1 fully saturated rings. The van der Waals surface area contributed by atoms with E-state index in [1.165, 1.54) is 19.3 Å². The van der Waals surface area contributed by atoms with Gasteiger partial charge in [0.05, 0.1) is 6.10 Å². The average Bonchev–Trinajstić information content (AvgIpc) is 2.15. The zero-order valence-corrected chi connectivity index (χ0v) is 9.35. The first-order valence-corrected chi connectivity index (χ1v) is 5.56. The summed E-state index contributed by atoms with van der Waals surface area (Å²) in [4.78, 5) is 6.57. The Labute approximate surface area is 90.8 Å². The predicted molar refractivity (Wildman–Crippen MR) is 60.9 cm³/mol. The van der Waals surface area contributed by atoms with Crippen molar-refractivity contribution >= 4 is 5.82 Å². The van der Waals surface area contributed by atoms with Crippen molar-refractivity contribution in [2.24, 2.45) is 0 Å². The van der Waals surface area contributed by atoms with Gasteiger partial charge in [-0.25, -0.2) is 4.98 Å². The molecule has 0 saturated heterocycles. The van der Waals surface area contributed by atoms with Crippen LogP contribution in [0.15, 0.2) is 18.3 Å². The second-order valence-corrected chi connectivity index (χ2v) is 4.29. The Morgan fingerprint density at radius 2 is 2.27 bits per heavy atom. The van der Waals surface area contributed by atoms with Crippen molar-refractivity contribution in [3.05, 3.63) is 23.9 Å². The quantitative estimate of drug-likeness (QED) is 0.823. The van der Waals surface area contributed by atoms with E-state index < -0.39 is 6.10 Å². The predicted octanol–water partition coefficient (Wildman–Crippen LogP) is 2.12. The highest BCUT2D eigenvalue weighted by atomic mass is 16.3. The molecule has 1 saturated carbocycles. The topological polar surface area (TPSA) is 36.4 Å². The maximum Gasteiger partial charge on any atom is 0.134 e. The van der Waals surface area contributed by atoms with Crippen molar-refractivity contribution in [3.8, 4) is 0 Å². The number of pyridine rings is 1. The molecule has 1 heterocycles. The van der Waals surface area contributed by atoms with E-state index in [0.29, 0.717) is 6.04 Å². The van der Waals surface area contributed by atoms with Crippen molar-refractivity contribution in [2.75, 3.05) is 11.9 Å². The minimum absolute atomic E-state index is 0.448. The van der Waals surface area contributed by atoms with Crippen LogP contribution in [0.2, 0.25) is 0 Å². The summed E-state index contributed by atoms with van der Waals surface area (Å²) in [6, 6.07) is 4.43. The van der Waals surface area contributed by atoms with Crippen LogP contribution in [0.5, 0.6) is 0 Å². The van der Waals surface area contributed by atoms with E-state index in [9.17, 15) is 5.11 Å². The van der Waals surface area contributed by atoms with Gasteiger partial charge in [0.2, 0.25) is 0 Å². The number of hydrogen-bond acceptors (Lipinski definition) is 3. The molecular formula is C12H18N2O. The summed E-state index contributed by atoms with van der Waals surface area (Å²) in [5, 5.41) is 9.66. The highest BCUT2D eigenvalue weighted by Crippen LogP contribution is 2.30. The van der Waals surface area contributed by atoms with E-state index in [-0.39, 0.29) is 0 Å². The van der Waals surface area contributed by atoms with Gasteiger partial charge in [-0.1, -0.05) is 6.07 Å². The first kappa shape index (κ1) is 10.4. The largest absolute Gasteiger partial charge is 0.389 e. The fraction of sp³-hybridized carbons (Fsp3) is 0.583. The van der Waals surface area contributed by atoms with Crippen LogP contribution < -0.4 is 4.90 Å². The van der Waals surface area contributed by atoms with E-state index in [1.807, 2.05) is 12.1 Å². The minimum atomic E-state index is -0.448. The summed E-state index contributed by atoms with van der Waals surface area (Å²) in [6.45, 7) is 1.79. The van der Waals surface area contributed by atoms with Crippen molar-refractivity contribution in [1.29, 1.82) is 0 Å². The van der Waals surface area contributed by atoms with Crippen LogP contribution in [0.3, 0.4) is 0 Å². The average molecular weight is 206 g/mol. The lowest BCUT2D eigenvalue weighted by atomic mass is 9.91. The number of hydrogen-bond donors (Lipinski definition) is 1. The SMILES string of the molecule is C[C@H](O)c1cccnc1N(C)C1CCC1. The number of aliphatic hydroxyl groups excluding tert-OH is 1. The van der Waals surface area contributed by atoms with Crippen LogP contribution in [-0.2, 0) is 0 Å². The third kappa shape index (κ3) is 1.97. The molecule has 2 rings (SSSR count). The lowest BCUT2D eigenvalue weighted by molar-refractivity contribution is 0.199. The Balaban J connectivity index is 2.25. The molecule has 1 aliphatic carbocycles. The molecule has 0 spiro atoms. The van der Waals surface area contributed by atoms with E-state index in [4.69, 9.17) is 0 Å². The molecule has 0 aromatic carbocycles. The second-order valence-electron chi connectivity index (χ2n) is 4.29. The lowest BCUT2D eigenvalue weighted by Crippen LogP contribution is -2.38. The first-order valence-electron chi connectivity index (χ1n) is 5.56. The van der Waals surface area contributed by atoms with Gasteiger partial charge in [0.1, 0.15) is 5.82 Å². The van der Waals surface area contributed by atoms with Gasteiger partial charge in [-0.15, -0.1) is 0 Å². The summed E-state index contributed by atoms with van der Waals surface area (Å²) in [5.74, 6) is 0.928. The van der Waals surface area contributed by atoms with Crippen molar-refractivity contribution in [3.63, 3.8) is 0 Å². The lowest BCUT2D eigenvalue weighted by Gasteiger charge is -2.36. The van der Waals surface area contributed by atoms with Gasteiger partial charge < -0.3 is 10.0 Å². The third-order valence-electron chi connectivity index (χ3n) is 3.22. The first-order chi connectivity index (χ1) is 7.20. The molecule has 1 N–H and O–H groups in total. The fourth-order valence-electron chi connectivity index (χ4n) is 1.98. The van der Waals surface area contributed by atoms with Crippen LogP contribution >= 0.6 is 0 Å². The normalized spacial score (nSPS) is 18.3. The maximum atomic E-state index is 9.66. The van der Waals surface area contributed by atoms with Crippen LogP contribution in [0.4, 0.5) is 5.82 Å². The highest BCUT2D eigenvalue weighted by Gasteiger charge is 2.25.